The Morgan fingerprint density at radius 2 is 2.44 bits per heavy atom. The predicted molar refractivity (Wildman–Crippen MR) is 62.9 cm³/mol. The molecule has 96 valence electrons. The molecule has 0 saturated carbocycles. The third-order valence-corrected chi connectivity index (χ3v) is 2.95. The Hall–Kier alpha value is -1.66. The van der Waals surface area contributed by atoms with Crippen LogP contribution in [0.3, 0.4) is 0 Å². The summed E-state index contributed by atoms with van der Waals surface area (Å²) in [6.45, 7) is 4.27. The number of rotatable bonds is 3. The van der Waals surface area contributed by atoms with E-state index in [9.17, 15) is 0 Å². The summed E-state index contributed by atoms with van der Waals surface area (Å²) >= 11 is 0. The van der Waals surface area contributed by atoms with Crippen LogP contribution in [-0.2, 0) is 11.2 Å². The first-order valence-electron chi connectivity index (χ1n) is 6.11. The second kappa shape index (κ2) is 4.91. The third kappa shape index (κ3) is 2.04. The van der Waals surface area contributed by atoms with Crippen molar-refractivity contribution in [1.82, 2.24) is 15.5 Å². The van der Waals surface area contributed by atoms with Crippen molar-refractivity contribution in [3.05, 3.63) is 23.9 Å². The van der Waals surface area contributed by atoms with Crippen molar-refractivity contribution in [3.63, 3.8) is 0 Å². The lowest BCUT2D eigenvalue weighted by atomic mass is 10.2. The molecule has 2 aromatic rings. The molecule has 6 heteroatoms. The number of nitrogens with zero attached hydrogens (tertiary/aromatic N) is 2. The topological polar surface area (TPSA) is 73.3 Å². The van der Waals surface area contributed by atoms with Gasteiger partial charge < -0.3 is 19.0 Å². The number of ether oxygens (including phenoxy) is 1. The molecular weight excluding hydrogens is 234 g/mol. The van der Waals surface area contributed by atoms with Crippen LogP contribution in [0.25, 0.3) is 11.5 Å². The first-order chi connectivity index (χ1) is 8.88. The van der Waals surface area contributed by atoms with E-state index >= 15 is 0 Å². The van der Waals surface area contributed by atoms with Crippen LogP contribution in [-0.4, -0.2) is 29.8 Å². The van der Waals surface area contributed by atoms with E-state index in [-0.39, 0.29) is 6.10 Å². The molecule has 0 spiro atoms. The van der Waals surface area contributed by atoms with Crippen LogP contribution < -0.4 is 5.32 Å². The van der Waals surface area contributed by atoms with Crippen molar-refractivity contribution < 1.29 is 13.7 Å². The number of hydrogen-bond donors (Lipinski definition) is 1. The first-order valence-corrected chi connectivity index (χ1v) is 6.11. The van der Waals surface area contributed by atoms with E-state index in [0.29, 0.717) is 24.9 Å². The molecular formula is C12H15N3O3. The minimum atomic E-state index is -0.131. The van der Waals surface area contributed by atoms with Crippen LogP contribution in [0.2, 0.25) is 0 Å². The van der Waals surface area contributed by atoms with E-state index < -0.39 is 0 Å². The Kier molecular flexibility index (Phi) is 3.12. The second-order valence-corrected chi connectivity index (χ2v) is 4.13. The molecule has 18 heavy (non-hydrogen) atoms. The Balaban J connectivity index is 1.84. The van der Waals surface area contributed by atoms with Crippen molar-refractivity contribution in [1.29, 1.82) is 0 Å². The molecule has 1 fully saturated rings. The van der Waals surface area contributed by atoms with E-state index in [4.69, 9.17) is 13.7 Å². The molecule has 1 aliphatic heterocycles. The zero-order valence-corrected chi connectivity index (χ0v) is 10.2. The summed E-state index contributed by atoms with van der Waals surface area (Å²) in [6.07, 6.45) is 2.30. The molecule has 0 bridgehead atoms. The molecule has 1 aliphatic rings. The van der Waals surface area contributed by atoms with Crippen LogP contribution in [0, 0.1) is 0 Å². The number of aryl methyl sites for hydroxylation is 1. The standard InChI is InChI=1S/C12H15N3O3/c1-2-9-8(3-5-16-9)12-14-11(15-18-12)10-7-13-4-6-17-10/h3,5,10,13H,2,4,6-7H2,1H3. The van der Waals surface area contributed by atoms with E-state index in [0.717, 1.165) is 24.3 Å². The number of aromatic nitrogens is 2. The van der Waals surface area contributed by atoms with Gasteiger partial charge in [0.05, 0.1) is 18.4 Å². The van der Waals surface area contributed by atoms with E-state index in [1.165, 1.54) is 0 Å². The van der Waals surface area contributed by atoms with Crippen molar-refractivity contribution in [3.8, 4) is 11.5 Å². The predicted octanol–water partition coefficient (Wildman–Crippen LogP) is 1.55. The smallest absolute Gasteiger partial charge is 0.261 e. The van der Waals surface area contributed by atoms with Gasteiger partial charge in [-0.15, -0.1) is 0 Å². The van der Waals surface area contributed by atoms with Crippen molar-refractivity contribution in [2.75, 3.05) is 19.7 Å². The highest BCUT2D eigenvalue weighted by Gasteiger charge is 2.23. The van der Waals surface area contributed by atoms with Gasteiger partial charge >= 0.3 is 0 Å². The van der Waals surface area contributed by atoms with Gasteiger partial charge in [-0.2, -0.15) is 4.98 Å². The summed E-state index contributed by atoms with van der Waals surface area (Å²) in [5.41, 5.74) is 0.861. The molecule has 0 radical (unpaired) electrons. The van der Waals surface area contributed by atoms with Gasteiger partial charge in [-0.05, 0) is 6.07 Å². The zero-order chi connectivity index (χ0) is 12.4. The largest absolute Gasteiger partial charge is 0.469 e. The van der Waals surface area contributed by atoms with E-state index in [2.05, 4.69) is 15.5 Å². The fourth-order valence-electron chi connectivity index (χ4n) is 2.01. The molecule has 1 unspecified atom stereocenters. The van der Waals surface area contributed by atoms with Crippen LogP contribution in [0.15, 0.2) is 21.3 Å². The Morgan fingerprint density at radius 1 is 1.50 bits per heavy atom. The van der Waals surface area contributed by atoms with Gasteiger partial charge in [-0.1, -0.05) is 12.1 Å². The maximum Gasteiger partial charge on any atom is 0.261 e. The average Bonchev–Trinajstić information content (AvgIpc) is 3.08. The van der Waals surface area contributed by atoms with Crippen LogP contribution in [0.4, 0.5) is 0 Å². The number of morpholine rings is 1. The quantitative estimate of drug-likeness (QED) is 0.889. The van der Waals surface area contributed by atoms with Crippen LogP contribution >= 0.6 is 0 Å². The minimum absolute atomic E-state index is 0.131. The molecule has 2 aromatic heterocycles. The van der Waals surface area contributed by atoms with Gasteiger partial charge in [-0.25, -0.2) is 0 Å². The molecule has 3 rings (SSSR count). The van der Waals surface area contributed by atoms with Crippen molar-refractivity contribution in [2.24, 2.45) is 0 Å². The number of furan rings is 1. The SMILES string of the molecule is CCc1occc1-c1nc(C2CNCCO2)no1. The van der Waals surface area contributed by atoms with Crippen LogP contribution in [0.1, 0.15) is 24.6 Å². The van der Waals surface area contributed by atoms with E-state index in [1.54, 1.807) is 6.26 Å². The Bertz CT molecular complexity index is 514. The van der Waals surface area contributed by atoms with Gasteiger partial charge in [-0.3, -0.25) is 0 Å². The third-order valence-electron chi connectivity index (χ3n) is 2.95. The average molecular weight is 249 g/mol. The first kappa shape index (κ1) is 11.4. The lowest BCUT2D eigenvalue weighted by molar-refractivity contribution is 0.0208. The minimum Gasteiger partial charge on any atom is -0.469 e. The van der Waals surface area contributed by atoms with Crippen LogP contribution in [0.5, 0.6) is 0 Å². The van der Waals surface area contributed by atoms with E-state index in [1.807, 2.05) is 13.0 Å². The number of nitrogens with one attached hydrogen (secondary N) is 1. The molecule has 0 amide bonds. The van der Waals surface area contributed by atoms with Gasteiger partial charge in [0, 0.05) is 19.5 Å². The maximum absolute atomic E-state index is 5.58. The highest BCUT2D eigenvalue weighted by Crippen LogP contribution is 2.25. The second-order valence-electron chi connectivity index (χ2n) is 4.13. The monoisotopic (exact) mass is 249 g/mol. The highest BCUT2D eigenvalue weighted by molar-refractivity contribution is 5.55. The van der Waals surface area contributed by atoms with Gasteiger partial charge in [0.15, 0.2) is 0 Å². The molecule has 6 nitrogen and oxygen atoms in total. The zero-order valence-electron chi connectivity index (χ0n) is 10.2. The molecule has 1 saturated heterocycles. The highest BCUT2D eigenvalue weighted by atomic mass is 16.5. The summed E-state index contributed by atoms with van der Waals surface area (Å²) in [4.78, 5) is 4.38. The summed E-state index contributed by atoms with van der Waals surface area (Å²) in [5, 5.41) is 7.21. The summed E-state index contributed by atoms with van der Waals surface area (Å²) in [7, 11) is 0. The summed E-state index contributed by atoms with van der Waals surface area (Å²) in [5.74, 6) is 1.93. The molecule has 3 heterocycles. The fourth-order valence-corrected chi connectivity index (χ4v) is 2.01. The van der Waals surface area contributed by atoms with Crippen molar-refractivity contribution in [2.45, 2.75) is 19.4 Å². The molecule has 0 aliphatic carbocycles. The summed E-state index contributed by atoms with van der Waals surface area (Å²) in [6, 6.07) is 1.84. The Morgan fingerprint density at radius 3 is 3.22 bits per heavy atom. The number of hydrogen-bond acceptors (Lipinski definition) is 6. The van der Waals surface area contributed by atoms with Gasteiger partial charge in [0.25, 0.3) is 5.89 Å². The Labute approximate surface area is 104 Å². The lowest BCUT2D eigenvalue weighted by Gasteiger charge is -2.20. The van der Waals surface area contributed by atoms with Crippen molar-refractivity contribution >= 4 is 0 Å². The van der Waals surface area contributed by atoms with Gasteiger partial charge in [0.2, 0.25) is 5.82 Å². The molecule has 1 atom stereocenters. The van der Waals surface area contributed by atoms with Gasteiger partial charge in [0.1, 0.15) is 11.9 Å². The molecule has 1 N–H and O–H groups in total. The normalized spacial score (nSPS) is 20.2. The fraction of sp³-hybridized carbons (Fsp3) is 0.500. The molecule has 0 aromatic carbocycles. The summed E-state index contributed by atoms with van der Waals surface area (Å²) < 4.78 is 16.2. The lowest BCUT2D eigenvalue weighted by Crippen LogP contribution is -2.33. The maximum atomic E-state index is 5.58.